The lowest BCUT2D eigenvalue weighted by molar-refractivity contribution is -0.737. The Labute approximate surface area is 51.2 Å². The van der Waals surface area contributed by atoms with Gasteiger partial charge in [-0.05, 0) is 0 Å². The zero-order valence-corrected chi connectivity index (χ0v) is 4.63. The van der Waals surface area contributed by atoms with Gasteiger partial charge < -0.3 is 15.4 Å². The Morgan fingerprint density at radius 1 is 1.89 bits per heavy atom. The van der Waals surface area contributed by atoms with Gasteiger partial charge >= 0.3 is 11.8 Å². The van der Waals surface area contributed by atoms with Gasteiger partial charge in [0.05, 0.1) is 6.54 Å². The normalized spacial score (nSPS) is 25.9. The summed E-state index contributed by atoms with van der Waals surface area (Å²) in [6.45, 7) is 0.585. The number of carbonyl (C=O) groups is 1. The molecule has 9 heavy (non-hydrogen) atoms. The van der Waals surface area contributed by atoms with Crippen molar-refractivity contribution in [2.75, 3.05) is 13.1 Å². The first-order chi connectivity index (χ1) is 4.22. The van der Waals surface area contributed by atoms with Crippen LogP contribution >= 0.6 is 0 Å². The van der Waals surface area contributed by atoms with E-state index in [0.29, 0.717) is 6.54 Å². The molecule has 5 heteroatoms. The summed E-state index contributed by atoms with van der Waals surface area (Å²) in [5, 5.41) is 18.4. The first-order valence-corrected chi connectivity index (χ1v) is 2.53. The van der Waals surface area contributed by atoms with Gasteiger partial charge in [-0.3, -0.25) is 0 Å². The second kappa shape index (κ2) is 2.12. The summed E-state index contributed by atoms with van der Waals surface area (Å²) in [5.74, 6) is -1.51. The number of aliphatic carboxylic acids is 1. The van der Waals surface area contributed by atoms with Crippen molar-refractivity contribution in [2.24, 2.45) is 4.99 Å². The summed E-state index contributed by atoms with van der Waals surface area (Å²) in [6.07, 6.45) is 0. The highest BCUT2D eigenvalue weighted by molar-refractivity contribution is 6.30. The van der Waals surface area contributed by atoms with Crippen LogP contribution in [-0.4, -0.2) is 30.0 Å². The molecule has 0 aromatic heterocycles. The fraction of sp³-hybridized carbons (Fsp3) is 0.500. The third-order valence-corrected chi connectivity index (χ3v) is 1.08. The van der Waals surface area contributed by atoms with E-state index in [1.165, 1.54) is 0 Å². The molecule has 0 aliphatic carbocycles. The van der Waals surface area contributed by atoms with Crippen LogP contribution in [0.25, 0.3) is 0 Å². The van der Waals surface area contributed by atoms with Gasteiger partial charge in [-0.1, -0.05) is 0 Å². The number of carboxylic acid groups (broad SMARTS) is 1. The van der Waals surface area contributed by atoms with E-state index < -0.39 is 5.97 Å². The molecule has 1 heterocycles. The molecule has 0 aromatic carbocycles. The number of quaternary nitrogens is 1. The van der Waals surface area contributed by atoms with E-state index >= 15 is 0 Å². The first kappa shape index (κ1) is 6.18. The lowest BCUT2D eigenvalue weighted by Crippen LogP contribution is -3.09. The molecule has 0 saturated heterocycles. The molecule has 1 rings (SSSR count). The van der Waals surface area contributed by atoms with Crippen molar-refractivity contribution < 1.29 is 15.0 Å². The average Bonchev–Trinajstić information content (AvgIpc) is 2.13. The number of nitrogens with zero attached hydrogens (tertiary/aromatic N) is 1. The van der Waals surface area contributed by atoms with Crippen LogP contribution in [0.3, 0.4) is 0 Å². The Hall–Kier alpha value is -0.940. The summed E-state index contributed by atoms with van der Waals surface area (Å²) in [7, 11) is 0. The number of amidine groups is 1. The predicted molar refractivity (Wildman–Crippen MR) is 29.1 cm³/mol. The van der Waals surface area contributed by atoms with Gasteiger partial charge in [0.1, 0.15) is 6.54 Å². The van der Waals surface area contributed by atoms with Crippen molar-refractivity contribution in [3.05, 3.63) is 5.21 Å². The number of nitrogens with one attached hydrogen (secondary N) is 1. The van der Waals surface area contributed by atoms with Crippen LogP contribution in [0.2, 0.25) is 0 Å². The van der Waals surface area contributed by atoms with E-state index in [1.54, 1.807) is 0 Å². The monoisotopic (exact) mass is 130 g/mol. The molecule has 1 unspecified atom stereocenters. The number of hydrogen-bond acceptors (Lipinski definition) is 3. The zero-order chi connectivity index (χ0) is 6.85. The summed E-state index contributed by atoms with van der Waals surface area (Å²) < 4.78 is 0. The molecule has 1 atom stereocenters. The summed E-state index contributed by atoms with van der Waals surface area (Å²) in [4.78, 5) is 13.5. The van der Waals surface area contributed by atoms with Gasteiger partial charge in [-0.15, -0.1) is 0 Å². The molecule has 0 saturated carbocycles. The third kappa shape index (κ3) is 1.06. The van der Waals surface area contributed by atoms with Crippen molar-refractivity contribution >= 4 is 11.8 Å². The van der Waals surface area contributed by atoms with Crippen molar-refractivity contribution in [3.63, 3.8) is 0 Å². The molecule has 5 nitrogen and oxygen atoms in total. The number of hydrogen-bond donors (Lipinski definition) is 2. The highest BCUT2D eigenvalue weighted by Crippen LogP contribution is 1.77. The molecule has 0 amide bonds. The molecular formula is C4H6N2O3. The molecule has 2 N–H and O–H groups in total. The van der Waals surface area contributed by atoms with Crippen LogP contribution < -0.4 is 5.06 Å². The molecule has 1 aliphatic rings. The van der Waals surface area contributed by atoms with Crippen molar-refractivity contribution in [3.8, 4) is 0 Å². The number of hydroxylamine groups is 2. The molecule has 0 aromatic rings. The van der Waals surface area contributed by atoms with E-state index in [4.69, 9.17) is 5.11 Å². The Morgan fingerprint density at radius 3 is 2.78 bits per heavy atom. The Balaban J connectivity index is 2.68. The molecule has 0 fully saturated rings. The minimum Gasteiger partial charge on any atom is -0.627 e. The minimum atomic E-state index is -1.21. The second-order valence-corrected chi connectivity index (χ2v) is 1.71. The molecule has 0 spiro atoms. The standard InChI is InChI=1S/C4H6N2O3/c7-4(8)3-5-1-2-6(3)9/h6H,1-2H2,(H,7,8). The Kier molecular flexibility index (Phi) is 1.46. The number of carboxylic acids is 1. The Morgan fingerprint density at radius 2 is 2.56 bits per heavy atom. The van der Waals surface area contributed by atoms with Gasteiger partial charge in [0.2, 0.25) is 0 Å². The van der Waals surface area contributed by atoms with E-state index in [2.05, 4.69) is 4.99 Å². The minimum absolute atomic E-state index is 0.252. The average molecular weight is 130 g/mol. The van der Waals surface area contributed by atoms with E-state index in [9.17, 15) is 10.0 Å². The van der Waals surface area contributed by atoms with E-state index in [1.807, 2.05) is 0 Å². The quantitative estimate of drug-likeness (QED) is 0.398. The molecular weight excluding hydrogens is 124 g/mol. The lowest BCUT2D eigenvalue weighted by Gasteiger charge is -2.12. The maximum atomic E-state index is 10.5. The van der Waals surface area contributed by atoms with Crippen LogP contribution in [0.1, 0.15) is 0 Å². The lowest BCUT2D eigenvalue weighted by atomic mass is 10.6. The van der Waals surface area contributed by atoms with Crippen molar-refractivity contribution in [2.45, 2.75) is 0 Å². The van der Waals surface area contributed by atoms with Crippen LogP contribution in [0.5, 0.6) is 0 Å². The molecule has 1 aliphatic heterocycles. The summed E-state index contributed by atoms with van der Waals surface area (Å²) in [5.41, 5.74) is 0. The number of rotatable bonds is 1. The highest BCUT2D eigenvalue weighted by Gasteiger charge is 2.22. The van der Waals surface area contributed by atoms with Crippen LogP contribution in [-0.2, 0) is 4.79 Å². The zero-order valence-electron chi connectivity index (χ0n) is 4.63. The maximum Gasteiger partial charge on any atom is 0.411 e. The maximum absolute atomic E-state index is 10.5. The van der Waals surface area contributed by atoms with Crippen LogP contribution in [0.15, 0.2) is 4.99 Å². The summed E-state index contributed by atoms with van der Waals surface area (Å²) in [6, 6.07) is 0. The highest BCUT2D eigenvalue weighted by atomic mass is 16.5. The first-order valence-electron chi connectivity index (χ1n) is 2.53. The van der Waals surface area contributed by atoms with Crippen LogP contribution in [0, 0.1) is 5.21 Å². The largest absolute Gasteiger partial charge is 0.627 e. The molecule has 50 valence electrons. The topological polar surface area (TPSA) is 77.2 Å². The van der Waals surface area contributed by atoms with Crippen molar-refractivity contribution in [1.29, 1.82) is 0 Å². The smallest absolute Gasteiger partial charge is 0.411 e. The van der Waals surface area contributed by atoms with Gasteiger partial charge in [0.25, 0.3) is 0 Å². The summed E-state index contributed by atoms with van der Waals surface area (Å²) >= 11 is 0. The fourth-order valence-corrected chi connectivity index (χ4v) is 0.663. The molecule has 0 bridgehead atoms. The fourth-order valence-electron chi connectivity index (χ4n) is 0.663. The SMILES string of the molecule is O=C(O)C1=NCC[NH+]1[O-]. The number of aliphatic imine (C=N–C) groups is 1. The van der Waals surface area contributed by atoms with Crippen molar-refractivity contribution in [1.82, 2.24) is 0 Å². The van der Waals surface area contributed by atoms with Gasteiger partial charge in [-0.25, -0.2) is 9.79 Å². The second-order valence-electron chi connectivity index (χ2n) is 1.71. The van der Waals surface area contributed by atoms with E-state index in [0.717, 1.165) is 0 Å². The van der Waals surface area contributed by atoms with E-state index in [-0.39, 0.29) is 17.4 Å². The predicted octanol–water partition coefficient (Wildman–Crippen LogP) is -2.13. The van der Waals surface area contributed by atoms with Crippen LogP contribution in [0.4, 0.5) is 0 Å². The third-order valence-electron chi connectivity index (χ3n) is 1.08. The molecule has 0 radical (unpaired) electrons. The van der Waals surface area contributed by atoms with Gasteiger partial charge in [-0.2, -0.15) is 0 Å². The Bertz CT molecular complexity index is 165. The van der Waals surface area contributed by atoms with Gasteiger partial charge in [0, 0.05) is 0 Å². The van der Waals surface area contributed by atoms with Gasteiger partial charge in [0.15, 0.2) is 0 Å².